The Morgan fingerprint density at radius 2 is 2.25 bits per heavy atom. The Labute approximate surface area is 93.0 Å². The van der Waals surface area contributed by atoms with Crippen LogP contribution in [-0.2, 0) is 16.0 Å². The van der Waals surface area contributed by atoms with Gasteiger partial charge in [-0.3, -0.25) is 0 Å². The monoisotopic (exact) mass is 229 g/mol. The zero-order valence-corrected chi connectivity index (χ0v) is 9.51. The van der Waals surface area contributed by atoms with Gasteiger partial charge in [-0.2, -0.15) is 0 Å². The molecule has 0 fully saturated rings. The van der Waals surface area contributed by atoms with E-state index in [4.69, 9.17) is 14.6 Å². The molecule has 1 heterocycles. The molecule has 1 unspecified atom stereocenters. The second-order valence-corrected chi connectivity index (χ2v) is 3.22. The van der Waals surface area contributed by atoms with Crippen molar-refractivity contribution in [2.75, 3.05) is 20.8 Å². The highest BCUT2D eigenvalue weighted by atomic mass is 16.5. The average Bonchev–Trinajstić information content (AvgIpc) is 2.69. The lowest BCUT2D eigenvalue weighted by Gasteiger charge is -2.12. The van der Waals surface area contributed by atoms with Gasteiger partial charge in [-0.1, -0.05) is 5.21 Å². The number of carboxylic acids is 1. The smallest absolute Gasteiger partial charge is 0.358 e. The highest BCUT2D eigenvalue weighted by molar-refractivity contribution is 5.86. The van der Waals surface area contributed by atoms with Gasteiger partial charge in [0, 0.05) is 14.2 Å². The fourth-order valence-electron chi connectivity index (χ4n) is 1.33. The zero-order valence-electron chi connectivity index (χ0n) is 9.51. The minimum Gasteiger partial charge on any atom is -0.476 e. The van der Waals surface area contributed by atoms with Crippen LogP contribution in [0.2, 0.25) is 0 Å². The van der Waals surface area contributed by atoms with E-state index in [2.05, 4.69) is 10.3 Å². The summed E-state index contributed by atoms with van der Waals surface area (Å²) in [5.41, 5.74) is 0.373. The molecule has 1 aromatic heterocycles. The Morgan fingerprint density at radius 1 is 1.56 bits per heavy atom. The molecule has 1 N–H and O–H groups in total. The summed E-state index contributed by atoms with van der Waals surface area (Å²) in [4.78, 5) is 10.9. The van der Waals surface area contributed by atoms with E-state index < -0.39 is 5.97 Å². The molecule has 0 saturated heterocycles. The summed E-state index contributed by atoms with van der Waals surface area (Å²) in [6, 6.07) is 0. The van der Waals surface area contributed by atoms with Crippen molar-refractivity contribution in [2.24, 2.45) is 0 Å². The van der Waals surface area contributed by atoms with E-state index in [1.807, 2.05) is 0 Å². The van der Waals surface area contributed by atoms with Crippen molar-refractivity contribution in [3.8, 4) is 0 Å². The van der Waals surface area contributed by atoms with Crippen LogP contribution in [0.3, 0.4) is 0 Å². The molecule has 0 spiro atoms. The highest BCUT2D eigenvalue weighted by Crippen LogP contribution is 2.18. The number of carbonyl (C=O) groups is 1. The van der Waals surface area contributed by atoms with Gasteiger partial charge in [0.15, 0.2) is 5.69 Å². The predicted molar refractivity (Wildman–Crippen MR) is 54.3 cm³/mol. The molecular formula is C9H15N3O4. The van der Waals surface area contributed by atoms with Crippen LogP contribution in [0.25, 0.3) is 0 Å². The van der Waals surface area contributed by atoms with Crippen LogP contribution >= 0.6 is 0 Å². The van der Waals surface area contributed by atoms with Crippen LogP contribution in [0.15, 0.2) is 0 Å². The molecule has 0 aromatic carbocycles. The van der Waals surface area contributed by atoms with E-state index in [0.29, 0.717) is 18.8 Å². The third-order valence-corrected chi connectivity index (χ3v) is 2.22. The lowest BCUT2D eigenvalue weighted by atomic mass is 10.2. The van der Waals surface area contributed by atoms with Gasteiger partial charge >= 0.3 is 5.97 Å². The molecule has 0 amide bonds. The van der Waals surface area contributed by atoms with E-state index in [1.54, 1.807) is 14.0 Å². The number of hydrogen-bond acceptors (Lipinski definition) is 5. The molecule has 1 atom stereocenters. The lowest BCUT2D eigenvalue weighted by molar-refractivity contribution is 0.0672. The molecule has 0 radical (unpaired) electrons. The first-order valence-electron chi connectivity index (χ1n) is 4.80. The molecular weight excluding hydrogens is 214 g/mol. The molecule has 0 bridgehead atoms. The van der Waals surface area contributed by atoms with Gasteiger partial charge in [0.2, 0.25) is 0 Å². The zero-order chi connectivity index (χ0) is 12.1. The Balaban J connectivity index is 3.04. The van der Waals surface area contributed by atoms with Crippen molar-refractivity contribution < 1.29 is 19.4 Å². The maximum Gasteiger partial charge on any atom is 0.358 e. The van der Waals surface area contributed by atoms with Crippen LogP contribution in [-0.4, -0.2) is 46.9 Å². The summed E-state index contributed by atoms with van der Waals surface area (Å²) < 4.78 is 11.5. The Morgan fingerprint density at radius 3 is 2.75 bits per heavy atom. The number of aromatic carboxylic acids is 1. The standard InChI is InChI=1S/C9H15N3O4/c1-6(16-3)8-7(9(13)14)10-11-12(8)4-5-15-2/h6H,4-5H2,1-3H3,(H,13,14). The molecule has 1 aromatic rings. The fraction of sp³-hybridized carbons (Fsp3) is 0.667. The van der Waals surface area contributed by atoms with Gasteiger partial charge in [0.1, 0.15) is 5.69 Å². The minimum atomic E-state index is -1.11. The number of carboxylic acid groups (broad SMARTS) is 1. The molecule has 90 valence electrons. The summed E-state index contributed by atoms with van der Waals surface area (Å²) in [6.45, 7) is 2.63. The van der Waals surface area contributed by atoms with Gasteiger partial charge in [-0.15, -0.1) is 5.10 Å². The van der Waals surface area contributed by atoms with Gasteiger partial charge in [-0.05, 0) is 6.92 Å². The number of nitrogens with zero attached hydrogens (tertiary/aromatic N) is 3. The molecule has 16 heavy (non-hydrogen) atoms. The summed E-state index contributed by atoms with van der Waals surface area (Å²) >= 11 is 0. The first kappa shape index (κ1) is 12.6. The van der Waals surface area contributed by atoms with Crippen LogP contribution < -0.4 is 0 Å². The van der Waals surface area contributed by atoms with E-state index >= 15 is 0 Å². The van der Waals surface area contributed by atoms with Gasteiger partial charge in [0.25, 0.3) is 0 Å². The second kappa shape index (κ2) is 5.57. The molecule has 0 aliphatic carbocycles. The molecule has 0 aliphatic heterocycles. The van der Waals surface area contributed by atoms with E-state index in [1.165, 1.54) is 11.8 Å². The average molecular weight is 229 g/mol. The first-order chi connectivity index (χ1) is 7.61. The summed E-state index contributed by atoms with van der Waals surface area (Å²) in [5.74, 6) is -1.11. The normalized spacial score (nSPS) is 12.7. The van der Waals surface area contributed by atoms with Gasteiger partial charge in [-0.25, -0.2) is 9.48 Å². The predicted octanol–water partition coefficient (Wildman–Crippen LogP) is 0.330. The van der Waals surface area contributed by atoms with Crippen LogP contribution in [0.5, 0.6) is 0 Å². The van der Waals surface area contributed by atoms with Crippen LogP contribution in [0.1, 0.15) is 29.2 Å². The van der Waals surface area contributed by atoms with Crippen molar-refractivity contribution >= 4 is 5.97 Å². The largest absolute Gasteiger partial charge is 0.476 e. The Bertz CT molecular complexity index is 364. The van der Waals surface area contributed by atoms with Crippen molar-refractivity contribution in [1.29, 1.82) is 0 Å². The number of methoxy groups -OCH3 is 2. The molecule has 7 heteroatoms. The van der Waals surface area contributed by atoms with Gasteiger partial charge < -0.3 is 14.6 Å². The third kappa shape index (κ3) is 2.56. The summed E-state index contributed by atoms with van der Waals surface area (Å²) in [5, 5.41) is 16.3. The molecule has 0 saturated carbocycles. The van der Waals surface area contributed by atoms with Crippen molar-refractivity contribution in [3.05, 3.63) is 11.4 Å². The van der Waals surface area contributed by atoms with Crippen molar-refractivity contribution in [3.63, 3.8) is 0 Å². The number of hydrogen-bond donors (Lipinski definition) is 1. The van der Waals surface area contributed by atoms with Crippen molar-refractivity contribution in [2.45, 2.75) is 19.6 Å². The van der Waals surface area contributed by atoms with E-state index in [9.17, 15) is 4.79 Å². The summed E-state index contributed by atoms with van der Waals surface area (Å²) in [6.07, 6.45) is -0.377. The fourth-order valence-corrected chi connectivity index (χ4v) is 1.33. The maximum absolute atomic E-state index is 10.9. The number of aromatic nitrogens is 3. The first-order valence-corrected chi connectivity index (χ1v) is 4.80. The van der Waals surface area contributed by atoms with E-state index in [-0.39, 0.29) is 11.8 Å². The minimum absolute atomic E-state index is 0.0783. The molecule has 1 rings (SSSR count). The highest BCUT2D eigenvalue weighted by Gasteiger charge is 2.23. The SMILES string of the molecule is COCCn1nnc(C(=O)O)c1C(C)OC. The lowest BCUT2D eigenvalue weighted by Crippen LogP contribution is -2.14. The topological polar surface area (TPSA) is 86.5 Å². The number of rotatable bonds is 6. The van der Waals surface area contributed by atoms with Gasteiger partial charge in [0.05, 0.1) is 19.3 Å². The Hall–Kier alpha value is -1.47. The molecule has 0 aliphatic rings. The van der Waals surface area contributed by atoms with Crippen LogP contribution in [0, 0.1) is 0 Å². The summed E-state index contributed by atoms with van der Waals surface area (Å²) in [7, 11) is 3.07. The van der Waals surface area contributed by atoms with E-state index in [0.717, 1.165) is 0 Å². The van der Waals surface area contributed by atoms with Crippen LogP contribution in [0.4, 0.5) is 0 Å². The van der Waals surface area contributed by atoms with Crippen molar-refractivity contribution in [1.82, 2.24) is 15.0 Å². The quantitative estimate of drug-likeness (QED) is 0.756. The number of ether oxygens (including phenoxy) is 2. The second-order valence-electron chi connectivity index (χ2n) is 3.22. The maximum atomic E-state index is 10.9. The third-order valence-electron chi connectivity index (χ3n) is 2.22. The Kier molecular flexibility index (Phi) is 4.39. The molecule has 7 nitrogen and oxygen atoms in total.